The van der Waals surface area contributed by atoms with Crippen molar-refractivity contribution in [3.63, 3.8) is 0 Å². The number of pyridine rings is 1. The van der Waals surface area contributed by atoms with Gasteiger partial charge in [-0.05, 0) is 125 Å². The number of benzene rings is 1. The highest BCUT2D eigenvalue weighted by Crippen LogP contribution is 2.40. The van der Waals surface area contributed by atoms with E-state index < -0.39 is 96.0 Å². The van der Waals surface area contributed by atoms with Crippen LogP contribution in [0.5, 0.6) is 0 Å². The van der Waals surface area contributed by atoms with Gasteiger partial charge >= 0.3 is 5.97 Å². The fourth-order valence-corrected chi connectivity index (χ4v) is 10.9. The van der Waals surface area contributed by atoms with Gasteiger partial charge in [-0.1, -0.05) is 39.0 Å². The Bertz CT molecular complexity index is 1850. The maximum absolute atomic E-state index is 14.5. The molecule has 5 N–H and O–H groups in total. The van der Waals surface area contributed by atoms with Gasteiger partial charge in [-0.2, -0.15) is 0 Å². The van der Waals surface area contributed by atoms with Crippen LogP contribution in [0.4, 0.5) is 0 Å². The number of rotatable bonds is 14. The van der Waals surface area contributed by atoms with E-state index in [2.05, 4.69) is 21.3 Å². The first-order chi connectivity index (χ1) is 31.4. The minimum Gasteiger partial charge on any atom is -0.459 e. The molecule has 3 aliphatic heterocycles. The molecule has 3 aliphatic rings. The SMILES string of the molecule is CC[C@H]1OC(=O)[C@H](C)[C@@H](O[C@H]2C[C@@](C)(OC)[C@@H](O)[C@H](C)O2)[C@H](C)[C@@H](O[C@@H]2O[C@H](C)C[C@H](N(C)C)[C@H]2OCCCNCc2ccnc3ccccc23)[C@](C)(O)C[C@@H](C)CN(C)[C@H](C)[C@@H](O)[C@]1(C)O. The lowest BCUT2D eigenvalue weighted by Gasteiger charge is -2.49. The van der Waals surface area contributed by atoms with Gasteiger partial charge in [-0.25, -0.2) is 0 Å². The summed E-state index contributed by atoms with van der Waals surface area (Å²) in [7, 11) is 7.44. The summed E-state index contributed by atoms with van der Waals surface area (Å²) in [6.07, 6.45) is -4.79. The van der Waals surface area contributed by atoms with Gasteiger partial charge in [0.1, 0.15) is 30.0 Å². The number of nitrogens with one attached hydrogen (secondary N) is 1. The van der Waals surface area contributed by atoms with Crippen LogP contribution in [0, 0.1) is 17.8 Å². The average Bonchev–Trinajstić information content (AvgIpc) is 3.27. The van der Waals surface area contributed by atoms with Gasteiger partial charge < -0.3 is 68.7 Å². The minimum absolute atomic E-state index is 0.0945. The molecule has 67 heavy (non-hydrogen) atoms. The Morgan fingerprint density at radius 1 is 0.955 bits per heavy atom. The normalized spacial score (nSPS) is 41.2. The van der Waals surface area contributed by atoms with Gasteiger partial charge in [0.2, 0.25) is 0 Å². The van der Waals surface area contributed by atoms with Crippen LogP contribution in [-0.4, -0.2) is 179 Å². The van der Waals surface area contributed by atoms with Crippen molar-refractivity contribution in [1.29, 1.82) is 0 Å². The van der Waals surface area contributed by atoms with Crippen molar-refractivity contribution in [3.05, 3.63) is 42.1 Å². The Hall–Kier alpha value is -2.42. The van der Waals surface area contributed by atoms with Gasteiger partial charge in [-0.15, -0.1) is 0 Å². The highest BCUT2D eigenvalue weighted by atomic mass is 16.7. The molecule has 0 bridgehead atoms. The zero-order valence-corrected chi connectivity index (χ0v) is 42.9. The van der Waals surface area contributed by atoms with Crippen molar-refractivity contribution >= 4 is 16.9 Å². The molecule has 5 rings (SSSR count). The quantitative estimate of drug-likeness (QED) is 0.130. The minimum atomic E-state index is -1.81. The van der Waals surface area contributed by atoms with E-state index in [1.54, 1.807) is 34.6 Å². The zero-order valence-electron chi connectivity index (χ0n) is 42.9. The Morgan fingerprint density at radius 3 is 2.33 bits per heavy atom. The molecule has 382 valence electrons. The summed E-state index contributed by atoms with van der Waals surface area (Å²) in [5, 5.41) is 52.3. The summed E-state index contributed by atoms with van der Waals surface area (Å²) in [6.45, 7) is 20.3. The molecule has 2 aromatic rings. The Labute approximate surface area is 400 Å². The summed E-state index contributed by atoms with van der Waals surface area (Å²) < 4.78 is 45.8. The van der Waals surface area contributed by atoms with E-state index >= 15 is 0 Å². The first-order valence-corrected chi connectivity index (χ1v) is 24.7. The second-order valence-corrected chi connectivity index (χ2v) is 21.0. The maximum Gasteiger partial charge on any atom is 0.311 e. The molecule has 4 heterocycles. The number of aliphatic hydroxyl groups is 4. The van der Waals surface area contributed by atoms with Crippen molar-refractivity contribution in [1.82, 2.24) is 20.1 Å². The zero-order chi connectivity index (χ0) is 49.6. The second-order valence-electron chi connectivity index (χ2n) is 21.0. The number of carbonyl (C=O) groups is 1. The first-order valence-electron chi connectivity index (χ1n) is 24.7. The number of nitrogens with zero attached hydrogens (tertiary/aromatic N) is 3. The van der Waals surface area contributed by atoms with Crippen LogP contribution in [0.15, 0.2) is 36.5 Å². The number of esters is 1. The number of cyclic esters (lactones) is 1. The fourth-order valence-electron chi connectivity index (χ4n) is 10.9. The molecular weight excluding hydrogens is 861 g/mol. The molecule has 0 spiro atoms. The van der Waals surface area contributed by atoms with Gasteiger partial charge in [-0.3, -0.25) is 9.78 Å². The predicted octanol–water partition coefficient (Wildman–Crippen LogP) is 4.65. The number of fused-ring (bicyclic) bond motifs is 1. The number of para-hydroxylation sites is 1. The topological polar surface area (TPSA) is 194 Å². The molecule has 18 atom stereocenters. The van der Waals surface area contributed by atoms with Crippen molar-refractivity contribution < 1.29 is 58.4 Å². The summed E-state index contributed by atoms with van der Waals surface area (Å²) in [4.78, 5) is 23.1. The Morgan fingerprint density at radius 2 is 1.66 bits per heavy atom. The molecule has 3 saturated heterocycles. The highest BCUT2D eigenvalue weighted by Gasteiger charge is 2.53. The predicted molar refractivity (Wildman–Crippen MR) is 256 cm³/mol. The van der Waals surface area contributed by atoms with Crippen LogP contribution in [0.25, 0.3) is 10.9 Å². The molecule has 0 saturated carbocycles. The Kier molecular flexibility index (Phi) is 19.6. The standard InChI is InChI=1S/C51H86N4O12/c1-15-40-51(10,60)44(56)34(6)55(13)29-30(2)26-49(8,59)46(32(4)42(33(5)47(58)65-40)66-41-27-50(9,61-14)45(57)35(7)64-41)67-48-43(39(54(11)12)25-31(3)63-48)62-24-18-22-52-28-36-21-23-53-38-20-17-16-19-37(36)38/h16-17,19-21,23,30-35,39-46,48,52,56-57,59-60H,15,18,22,24-29H2,1-14H3/t30-,31-,32+,33-,34-,35+,39+,40-,41+,42+,43-,44-,45+,46-,48+,49-,50-,51-/m1/s1. The molecule has 0 unspecified atom stereocenters. The third kappa shape index (κ3) is 13.3. The van der Waals surface area contributed by atoms with E-state index in [9.17, 15) is 25.2 Å². The number of aliphatic hydroxyl groups excluding tert-OH is 2. The molecule has 16 nitrogen and oxygen atoms in total. The van der Waals surface area contributed by atoms with Crippen LogP contribution >= 0.6 is 0 Å². The third-order valence-electron chi connectivity index (χ3n) is 15.0. The van der Waals surface area contributed by atoms with Crippen LogP contribution in [-0.2, 0) is 44.5 Å². The van der Waals surface area contributed by atoms with Crippen LogP contribution in [0.2, 0.25) is 0 Å². The molecule has 1 aromatic heterocycles. The Balaban J connectivity index is 1.49. The molecule has 0 amide bonds. The summed E-state index contributed by atoms with van der Waals surface area (Å²) in [5.41, 5.74) is -2.26. The molecular formula is C51H86N4O12. The van der Waals surface area contributed by atoms with Crippen molar-refractivity contribution in [3.8, 4) is 0 Å². The van der Waals surface area contributed by atoms with Gasteiger partial charge in [0.05, 0.1) is 47.1 Å². The van der Waals surface area contributed by atoms with E-state index in [1.165, 1.54) is 19.6 Å². The molecule has 0 radical (unpaired) electrons. The van der Waals surface area contributed by atoms with Crippen molar-refractivity contribution in [2.24, 2.45) is 17.8 Å². The first kappa shape index (κ1) is 55.5. The number of hydrogen-bond donors (Lipinski definition) is 5. The fraction of sp³-hybridized carbons (Fsp3) is 0.804. The van der Waals surface area contributed by atoms with Crippen LogP contribution in [0.1, 0.15) is 107 Å². The largest absolute Gasteiger partial charge is 0.459 e. The van der Waals surface area contributed by atoms with Gasteiger partial charge in [0.15, 0.2) is 12.6 Å². The van der Waals surface area contributed by atoms with E-state index in [0.29, 0.717) is 39.1 Å². The highest BCUT2D eigenvalue weighted by molar-refractivity contribution is 5.81. The summed E-state index contributed by atoms with van der Waals surface area (Å²) >= 11 is 0. The average molecular weight is 947 g/mol. The lowest BCUT2D eigenvalue weighted by Crippen LogP contribution is -2.61. The molecule has 1 aromatic carbocycles. The number of ether oxygens (including phenoxy) is 7. The number of likely N-dealkylation sites (N-methyl/N-ethyl adjacent to an activating group) is 2. The third-order valence-corrected chi connectivity index (χ3v) is 15.0. The number of methoxy groups -OCH3 is 1. The molecule has 0 aliphatic carbocycles. The number of carbonyl (C=O) groups excluding carboxylic acids is 1. The summed E-state index contributed by atoms with van der Waals surface area (Å²) in [5.74, 6) is -2.55. The van der Waals surface area contributed by atoms with E-state index in [4.69, 9.17) is 33.2 Å². The van der Waals surface area contributed by atoms with Crippen LogP contribution in [0.3, 0.4) is 0 Å². The van der Waals surface area contributed by atoms with Crippen molar-refractivity contribution in [2.75, 3.05) is 47.9 Å². The maximum atomic E-state index is 14.5. The lowest BCUT2D eigenvalue weighted by molar-refractivity contribution is -0.321. The van der Waals surface area contributed by atoms with E-state index in [-0.39, 0.29) is 37.3 Å². The van der Waals surface area contributed by atoms with Crippen LogP contribution < -0.4 is 5.32 Å². The van der Waals surface area contributed by atoms with E-state index in [1.807, 2.05) is 84.2 Å². The smallest absolute Gasteiger partial charge is 0.311 e. The van der Waals surface area contributed by atoms with Gasteiger partial charge in [0.25, 0.3) is 0 Å². The van der Waals surface area contributed by atoms with E-state index in [0.717, 1.165) is 10.9 Å². The number of hydrogen-bond acceptors (Lipinski definition) is 16. The lowest BCUT2D eigenvalue weighted by atomic mass is 9.77. The molecule has 16 heteroatoms. The second kappa shape index (κ2) is 23.7. The van der Waals surface area contributed by atoms with Gasteiger partial charge in [0, 0.05) is 62.8 Å². The molecule has 3 fully saturated rings. The monoisotopic (exact) mass is 947 g/mol. The number of aromatic nitrogens is 1. The van der Waals surface area contributed by atoms with Crippen molar-refractivity contribution in [2.45, 2.75) is 198 Å². The summed E-state index contributed by atoms with van der Waals surface area (Å²) in [6, 6.07) is 9.52.